The van der Waals surface area contributed by atoms with E-state index in [1.807, 2.05) is 35.9 Å². The van der Waals surface area contributed by atoms with Gasteiger partial charge in [-0.25, -0.2) is 4.79 Å². The van der Waals surface area contributed by atoms with Crippen molar-refractivity contribution in [1.82, 2.24) is 19.9 Å². The molecule has 4 aromatic rings. The molecule has 8 heteroatoms. The fourth-order valence-corrected chi connectivity index (χ4v) is 5.12. The highest BCUT2D eigenvalue weighted by Crippen LogP contribution is 2.41. The van der Waals surface area contributed by atoms with Crippen LogP contribution in [0.2, 0.25) is 0 Å². The van der Waals surface area contributed by atoms with Gasteiger partial charge >= 0.3 is 5.97 Å². The van der Waals surface area contributed by atoms with Crippen LogP contribution < -0.4 is 0 Å². The molecular formula is C28H30N4O4. The Labute approximate surface area is 210 Å². The number of carbonyl (C=O) groups excluding carboxylic acids is 1. The lowest BCUT2D eigenvalue weighted by Gasteiger charge is -2.28. The highest BCUT2D eigenvalue weighted by molar-refractivity contribution is 5.89. The van der Waals surface area contributed by atoms with Gasteiger partial charge in [0.2, 0.25) is 5.82 Å². The number of carbonyl (C=O) groups is 1. The maximum absolute atomic E-state index is 11.8. The molecule has 36 heavy (non-hydrogen) atoms. The molecule has 0 aliphatic heterocycles. The molecule has 186 valence electrons. The zero-order valence-electron chi connectivity index (χ0n) is 20.9. The van der Waals surface area contributed by atoms with Crippen molar-refractivity contribution in [1.29, 1.82) is 0 Å². The Hall–Kier alpha value is -3.78. The average Bonchev–Trinajstić information content (AvgIpc) is 3.65. The maximum Gasteiger partial charge on any atom is 0.337 e. The zero-order valence-corrected chi connectivity index (χ0v) is 20.9. The molecule has 2 heterocycles. The van der Waals surface area contributed by atoms with Crippen molar-refractivity contribution in [2.45, 2.75) is 44.6 Å². The molecule has 2 aromatic heterocycles. The summed E-state index contributed by atoms with van der Waals surface area (Å²) in [5, 5.41) is 8.86. The van der Waals surface area contributed by atoms with E-state index >= 15 is 0 Å². The predicted molar refractivity (Wildman–Crippen MR) is 135 cm³/mol. The largest absolute Gasteiger partial charge is 0.465 e. The first-order valence-electron chi connectivity index (χ1n) is 12.2. The quantitative estimate of drug-likeness (QED) is 0.316. The molecule has 0 spiro atoms. The van der Waals surface area contributed by atoms with Gasteiger partial charge in [0.15, 0.2) is 5.69 Å². The number of aryl methyl sites for hydroxylation is 1. The minimum absolute atomic E-state index is 0.108. The molecule has 0 amide bonds. The Morgan fingerprint density at radius 3 is 2.58 bits per heavy atom. The third kappa shape index (κ3) is 4.68. The number of rotatable bonds is 8. The SMILES string of the molecule is COCC1(c2ccc(-c3noc(-c4cc(C)n(Cc5cccc(C(=O)OC)c5)n4)n3)cc2)CCCC1. The number of benzene rings is 2. The molecule has 0 atom stereocenters. The summed E-state index contributed by atoms with van der Waals surface area (Å²) in [5.74, 6) is 0.533. The fraction of sp³-hybridized carbons (Fsp3) is 0.357. The van der Waals surface area contributed by atoms with Gasteiger partial charge in [-0.05, 0) is 49.1 Å². The highest BCUT2D eigenvalue weighted by Gasteiger charge is 2.35. The van der Waals surface area contributed by atoms with Crippen LogP contribution >= 0.6 is 0 Å². The van der Waals surface area contributed by atoms with Crippen LogP contribution in [0.4, 0.5) is 0 Å². The number of ether oxygens (including phenoxy) is 2. The van der Waals surface area contributed by atoms with E-state index in [0.717, 1.165) is 36.3 Å². The first kappa shape index (κ1) is 23.9. The zero-order chi connectivity index (χ0) is 25.1. The number of esters is 1. The van der Waals surface area contributed by atoms with Crippen LogP contribution in [0.1, 0.15) is 52.9 Å². The lowest BCUT2D eigenvalue weighted by Crippen LogP contribution is -2.27. The molecule has 0 unspecified atom stereocenters. The van der Waals surface area contributed by atoms with E-state index in [0.29, 0.717) is 29.5 Å². The van der Waals surface area contributed by atoms with Crippen molar-refractivity contribution < 1.29 is 18.8 Å². The Balaban J connectivity index is 1.34. The standard InChI is InChI=1S/C28H30N4O4/c1-19-15-24(30-32(19)17-20-7-6-8-22(16-20)27(33)35-3)26-29-25(31-36-26)21-9-11-23(12-10-21)28(18-34-2)13-4-5-14-28/h6-12,15-16H,4-5,13-14,17-18H2,1-3H3. The molecule has 5 rings (SSSR count). The Kier molecular flexibility index (Phi) is 6.69. The second-order valence-electron chi connectivity index (χ2n) is 9.44. The molecule has 8 nitrogen and oxygen atoms in total. The van der Waals surface area contributed by atoms with E-state index in [4.69, 9.17) is 14.0 Å². The Morgan fingerprint density at radius 1 is 1.08 bits per heavy atom. The number of hydrogen-bond acceptors (Lipinski definition) is 7. The molecule has 0 N–H and O–H groups in total. The summed E-state index contributed by atoms with van der Waals surface area (Å²) >= 11 is 0. The van der Waals surface area contributed by atoms with Crippen molar-refractivity contribution in [3.05, 3.63) is 77.0 Å². The number of nitrogens with zero attached hydrogens (tertiary/aromatic N) is 4. The Bertz CT molecular complexity index is 1350. The van der Waals surface area contributed by atoms with Gasteiger partial charge in [-0.3, -0.25) is 4.68 Å². The van der Waals surface area contributed by atoms with Crippen LogP contribution in [-0.4, -0.2) is 46.7 Å². The molecule has 1 fully saturated rings. The average molecular weight is 487 g/mol. The second kappa shape index (κ2) is 10.1. The maximum atomic E-state index is 11.8. The van der Waals surface area contributed by atoms with E-state index in [1.165, 1.54) is 25.5 Å². The van der Waals surface area contributed by atoms with Gasteiger partial charge in [-0.15, -0.1) is 0 Å². The lowest BCUT2D eigenvalue weighted by atomic mass is 9.79. The predicted octanol–water partition coefficient (Wildman–Crippen LogP) is 5.20. The topological polar surface area (TPSA) is 92.3 Å². The highest BCUT2D eigenvalue weighted by atomic mass is 16.5. The van der Waals surface area contributed by atoms with Gasteiger partial charge in [0.25, 0.3) is 5.89 Å². The van der Waals surface area contributed by atoms with Crippen LogP contribution in [0.5, 0.6) is 0 Å². The van der Waals surface area contributed by atoms with Gasteiger partial charge < -0.3 is 14.0 Å². The third-order valence-electron chi connectivity index (χ3n) is 7.04. The summed E-state index contributed by atoms with van der Waals surface area (Å²) in [6, 6.07) is 17.7. The normalized spacial score (nSPS) is 14.8. The minimum Gasteiger partial charge on any atom is -0.465 e. The van der Waals surface area contributed by atoms with Gasteiger partial charge in [-0.2, -0.15) is 10.1 Å². The van der Waals surface area contributed by atoms with E-state index in [9.17, 15) is 4.79 Å². The fourth-order valence-electron chi connectivity index (χ4n) is 5.12. The summed E-state index contributed by atoms with van der Waals surface area (Å²) in [5.41, 5.74) is 5.31. The summed E-state index contributed by atoms with van der Waals surface area (Å²) in [7, 11) is 3.15. The van der Waals surface area contributed by atoms with E-state index in [1.54, 1.807) is 13.2 Å². The van der Waals surface area contributed by atoms with Crippen molar-refractivity contribution in [2.24, 2.45) is 0 Å². The molecule has 1 aliphatic rings. The van der Waals surface area contributed by atoms with Gasteiger partial charge in [0, 0.05) is 23.8 Å². The van der Waals surface area contributed by atoms with Crippen molar-refractivity contribution in [2.75, 3.05) is 20.8 Å². The Morgan fingerprint density at radius 2 is 1.86 bits per heavy atom. The molecular weight excluding hydrogens is 456 g/mol. The van der Waals surface area contributed by atoms with Crippen molar-refractivity contribution >= 4 is 5.97 Å². The number of hydrogen-bond donors (Lipinski definition) is 0. The summed E-state index contributed by atoms with van der Waals surface area (Å²) in [6.07, 6.45) is 4.78. The van der Waals surface area contributed by atoms with E-state index in [-0.39, 0.29) is 11.4 Å². The summed E-state index contributed by atoms with van der Waals surface area (Å²) in [6.45, 7) is 3.21. The van der Waals surface area contributed by atoms with Gasteiger partial charge in [0.1, 0.15) is 0 Å². The summed E-state index contributed by atoms with van der Waals surface area (Å²) in [4.78, 5) is 16.4. The molecule has 0 radical (unpaired) electrons. The number of methoxy groups -OCH3 is 2. The van der Waals surface area contributed by atoms with Crippen LogP contribution in [0.15, 0.2) is 59.1 Å². The van der Waals surface area contributed by atoms with Crippen LogP contribution in [0.3, 0.4) is 0 Å². The van der Waals surface area contributed by atoms with Crippen LogP contribution in [-0.2, 0) is 21.4 Å². The third-order valence-corrected chi connectivity index (χ3v) is 7.04. The van der Waals surface area contributed by atoms with Gasteiger partial charge in [0.05, 0.1) is 25.8 Å². The molecule has 1 aliphatic carbocycles. The monoisotopic (exact) mass is 486 g/mol. The van der Waals surface area contributed by atoms with Crippen LogP contribution in [0.25, 0.3) is 23.0 Å². The molecule has 1 saturated carbocycles. The first-order chi connectivity index (χ1) is 17.5. The number of aromatic nitrogens is 4. The molecule has 2 aromatic carbocycles. The smallest absolute Gasteiger partial charge is 0.337 e. The first-order valence-corrected chi connectivity index (χ1v) is 12.2. The van der Waals surface area contributed by atoms with Gasteiger partial charge in [-0.1, -0.05) is 54.4 Å². The summed E-state index contributed by atoms with van der Waals surface area (Å²) < 4.78 is 17.8. The second-order valence-corrected chi connectivity index (χ2v) is 9.44. The molecule has 0 saturated heterocycles. The van der Waals surface area contributed by atoms with Crippen molar-refractivity contribution in [3.63, 3.8) is 0 Å². The molecule has 0 bridgehead atoms. The van der Waals surface area contributed by atoms with E-state index in [2.05, 4.69) is 39.5 Å². The lowest BCUT2D eigenvalue weighted by molar-refractivity contribution is 0.0600. The van der Waals surface area contributed by atoms with Crippen molar-refractivity contribution in [3.8, 4) is 23.0 Å². The van der Waals surface area contributed by atoms with E-state index < -0.39 is 0 Å². The van der Waals surface area contributed by atoms with Crippen LogP contribution in [0, 0.1) is 6.92 Å². The minimum atomic E-state index is -0.363.